The van der Waals surface area contributed by atoms with Crippen molar-refractivity contribution >= 4 is 11.9 Å². The first-order valence-electron chi connectivity index (χ1n) is 8.65. The van der Waals surface area contributed by atoms with Gasteiger partial charge in [0.15, 0.2) is 5.76 Å². The van der Waals surface area contributed by atoms with Crippen molar-refractivity contribution < 1.29 is 23.8 Å². The summed E-state index contributed by atoms with van der Waals surface area (Å²) in [6.07, 6.45) is 1.11. The van der Waals surface area contributed by atoms with Crippen LogP contribution in [0.25, 0.3) is 0 Å². The van der Waals surface area contributed by atoms with E-state index < -0.39 is 17.4 Å². The lowest BCUT2D eigenvalue weighted by atomic mass is 9.99. The van der Waals surface area contributed by atoms with Crippen molar-refractivity contribution in [2.75, 3.05) is 6.54 Å². The molecule has 138 valence electrons. The van der Waals surface area contributed by atoms with E-state index in [4.69, 9.17) is 9.15 Å². The fourth-order valence-corrected chi connectivity index (χ4v) is 3.32. The number of amides is 1. The maximum Gasteiger partial charge on any atom is 0.329 e. The Hall–Kier alpha value is -2.76. The van der Waals surface area contributed by atoms with E-state index in [1.54, 1.807) is 19.1 Å². The molecule has 0 saturated carbocycles. The molecule has 1 aliphatic rings. The summed E-state index contributed by atoms with van der Waals surface area (Å²) in [7, 11) is 0. The topological polar surface area (TPSA) is 80.0 Å². The number of ether oxygens (including phenoxy) is 1. The van der Waals surface area contributed by atoms with E-state index in [9.17, 15) is 14.7 Å². The smallest absolute Gasteiger partial charge is 0.329 e. The number of hydrogen-bond acceptors (Lipinski definition) is 4. The van der Waals surface area contributed by atoms with Gasteiger partial charge in [0.1, 0.15) is 23.7 Å². The standard InChI is InChI=1S/C20H23NO5/c1-13-5-7-16(14(2)11-13)25-12-15-6-8-17(26-15)18(22)21-10-4-9-20(21,3)19(23)24/h5-8,11H,4,9-10,12H2,1-3H3,(H,23,24). The molecule has 2 heterocycles. The van der Waals surface area contributed by atoms with Gasteiger partial charge in [0, 0.05) is 6.54 Å². The van der Waals surface area contributed by atoms with Crippen molar-refractivity contribution in [3.8, 4) is 5.75 Å². The van der Waals surface area contributed by atoms with Gasteiger partial charge < -0.3 is 19.2 Å². The lowest BCUT2D eigenvalue weighted by Crippen LogP contribution is -2.50. The van der Waals surface area contributed by atoms with Gasteiger partial charge in [0.2, 0.25) is 0 Å². The number of hydrogen-bond donors (Lipinski definition) is 1. The van der Waals surface area contributed by atoms with E-state index in [0.29, 0.717) is 25.1 Å². The molecular weight excluding hydrogens is 334 g/mol. The number of aliphatic carboxylic acids is 1. The third-order valence-electron chi connectivity index (χ3n) is 4.92. The molecule has 0 radical (unpaired) electrons. The van der Waals surface area contributed by atoms with E-state index in [-0.39, 0.29) is 12.4 Å². The third kappa shape index (κ3) is 3.31. The number of furan rings is 1. The highest BCUT2D eigenvalue weighted by Crippen LogP contribution is 2.31. The van der Waals surface area contributed by atoms with Crippen LogP contribution in [0.4, 0.5) is 0 Å². The zero-order valence-electron chi connectivity index (χ0n) is 15.2. The van der Waals surface area contributed by atoms with E-state index in [1.165, 1.54) is 4.90 Å². The number of carbonyl (C=O) groups excluding carboxylic acids is 1. The molecule has 2 aromatic rings. The van der Waals surface area contributed by atoms with Crippen LogP contribution >= 0.6 is 0 Å². The van der Waals surface area contributed by atoms with Crippen molar-refractivity contribution in [3.05, 3.63) is 53.0 Å². The molecule has 3 rings (SSSR count). The molecule has 1 amide bonds. The van der Waals surface area contributed by atoms with Crippen LogP contribution in [0, 0.1) is 13.8 Å². The van der Waals surface area contributed by atoms with Gasteiger partial charge in [-0.05, 0) is 57.4 Å². The highest BCUT2D eigenvalue weighted by atomic mass is 16.5. The molecule has 1 N–H and O–H groups in total. The predicted octanol–water partition coefficient (Wildman–Crippen LogP) is 3.55. The lowest BCUT2D eigenvalue weighted by molar-refractivity contribution is -0.147. The molecule has 0 spiro atoms. The van der Waals surface area contributed by atoms with Gasteiger partial charge in [-0.3, -0.25) is 4.79 Å². The number of nitrogens with zero attached hydrogens (tertiary/aromatic N) is 1. The number of carbonyl (C=O) groups is 2. The number of likely N-dealkylation sites (tertiary alicyclic amines) is 1. The van der Waals surface area contributed by atoms with Crippen molar-refractivity contribution in [1.82, 2.24) is 4.90 Å². The largest absolute Gasteiger partial charge is 0.485 e. The minimum Gasteiger partial charge on any atom is -0.485 e. The van der Waals surface area contributed by atoms with E-state index in [0.717, 1.165) is 16.9 Å². The van der Waals surface area contributed by atoms with Gasteiger partial charge >= 0.3 is 5.97 Å². The summed E-state index contributed by atoms with van der Waals surface area (Å²) in [5.74, 6) is 0.0273. The van der Waals surface area contributed by atoms with Crippen LogP contribution in [0.2, 0.25) is 0 Å². The number of carboxylic acids is 1. The van der Waals surface area contributed by atoms with Crippen LogP contribution in [-0.4, -0.2) is 34.0 Å². The number of rotatable bonds is 5. The third-order valence-corrected chi connectivity index (χ3v) is 4.92. The molecule has 0 bridgehead atoms. The van der Waals surface area contributed by atoms with Crippen molar-refractivity contribution in [3.63, 3.8) is 0 Å². The van der Waals surface area contributed by atoms with Gasteiger partial charge in [-0.1, -0.05) is 17.7 Å². The van der Waals surface area contributed by atoms with Crippen molar-refractivity contribution in [1.29, 1.82) is 0 Å². The second-order valence-electron chi connectivity index (χ2n) is 6.96. The molecule has 1 fully saturated rings. The van der Waals surface area contributed by atoms with Gasteiger partial charge in [-0.15, -0.1) is 0 Å². The number of aryl methyl sites for hydroxylation is 2. The fourth-order valence-electron chi connectivity index (χ4n) is 3.32. The van der Waals surface area contributed by atoms with Gasteiger partial charge in [-0.25, -0.2) is 4.79 Å². The van der Waals surface area contributed by atoms with Crippen LogP contribution in [0.1, 0.15) is 47.2 Å². The minimum absolute atomic E-state index is 0.138. The first kappa shape index (κ1) is 18.0. The highest BCUT2D eigenvalue weighted by molar-refractivity contribution is 5.96. The zero-order chi connectivity index (χ0) is 18.9. The van der Waals surface area contributed by atoms with Gasteiger partial charge in [0.05, 0.1) is 0 Å². The second-order valence-corrected chi connectivity index (χ2v) is 6.96. The Morgan fingerprint density at radius 3 is 2.73 bits per heavy atom. The van der Waals surface area contributed by atoms with Crippen LogP contribution in [0.15, 0.2) is 34.7 Å². The van der Waals surface area contributed by atoms with Crippen LogP contribution < -0.4 is 4.74 Å². The Kier molecular flexibility index (Phi) is 4.76. The molecule has 26 heavy (non-hydrogen) atoms. The van der Waals surface area contributed by atoms with E-state index in [2.05, 4.69) is 0 Å². The SMILES string of the molecule is Cc1ccc(OCc2ccc(C(=O)N3CCCC3(C)C(=O)O)o2)c(C)c1. The second kappa shape index (κ2) is 6.86. The summed E-state index contributed by atoms with van der Waals surface area (Å²) in [6.45, 7) is 6.18. The van der Waals surface area contributed by atoms with Gasteiger partial charge in [0.25, 0.3) is 5.91 Å². The molecule has 1 atom stereocenters. The molecular formula is C20H23NO5. The van der Waals surface area contributed by atoms with Crippen LogP contribution in [0.5, 0.6) is 5.75 Å². The molecule has 1 aliphatic heterocycles. The zero-order valence-corrected chi connectivity index (χ0v) is 15.2. The molecule has 1 aromatic carbocycles. The first-order chi connectivity index (χ1) is 12.3. The highest BCUT2D eigenvalue weighted by Gasteiger charge is 2.46. The molecule has 1 saturated heterocycles. The average Bonchev–Trinajstić information content (AvgIpc) is 3.21. The Bertz CT molecular complexity index is 840. The molecule has 1 aromatic heterocycles. The summed E-state index contributed by atoms with van der Waals surface area (Å²) < 4.78 is 11.4. The minimum atomic E-state index is -1.18. The Morgan fingerprint density at radius 2 is 2.04 bits per heavy atom. The lowest BCUT2D eigenvalue weighted by Gasteiger charge is -2.30. The van der Waals surface area contributed by atoms with Crippen molar-refractivity contribution in [2.45, 2.75) is 45.8 Å². The van der Waals surface area contributed by atoms with Gasteiger partial charge in [-0.2, -0.15) is 0 Å². The fraction of sp³-hybridized carbons (Fsp3) is 0.400. The summed E-state index contributed by atoms with van der Waals surface area (Å²) in [5.41, 5.74) is 1.01. The molecule has 0 aliphatic carbocycles. The average molecular weight is 357 g/mol. The van der Waals surface area contributed by atoms with E-state index >= 15 is 0 Å². The Labute approximate surface area is 152 Å². The maximum absolute atomic E-state index is 12.7. The number of benzene rings is 1. The normalized spacial score (nSPS) is 19.6. The molecule has 1 unspecified atom stereocenters. The first-order valence-corrected chi connectivity index (χ1v) is 8.65. The Morgan fingerprint density at radius 1 is 1.27 bits per heavy atom. The van der Waals surface area contributed by atoms with Crippen LogP contribution in [0.3, 0.4) is 0 Å². The van der Waals surface area contributed by atoms with Crippen LogP contribution in [-0.2, 0) is 11.4 Å². The summed E-state index contributed by atoms with van der Waals surface area (Å²) in [4.78, 5) is 25.6. The molecule has 6 heteroatoms. The van der Waals surface area contributed by atoms with Crippen molar-refractivity contribution in [2.24, 2.45) is 0 Å². The number of carboxylic acid groups (broad SMARTS) is 1. The maximum atomic E-state index is 12.7. The molecule has 6 nitrogen and oxygen atoms in total. The van der Waals surface area contributed by atoms with E-state index in [1.807, 2.05) is 32.0 Å². The predicted molar refractivity (Wildman–Crippen MR) is 95.3 cm³/mol. The summed E-state index contributed by atoms with van der Waals surface area (Å²) >= 11 is 0. The monoisotopic (exact) mass is 357 g/mol. The quantitative estimate of drug-likeness (QED) is 0.885. The Balaban J connectivity index is 1.69. The summed E-state index contributed by atoms with van der Waals surface area (Å²) in [6, 6.07) is 9.17. The summed E-state index contributed by atoms with van der Waals surface area (Å²) in [5, 5.41) is 9.46.